The van der Waals surface area contributed by atoms with Crippen LogP contribution in [0.25, 0.3) is 21.7 Å². The third-order valence-electron chi connectivity index (χ3n) is 21.9. The van der Waals surface area contributed by atoms with Crippen molar-refractivity contribution in [3.05, 3.63) is 113 Å². The molecule has 131 heavy (non-hydrogen) atoms. The second-order valence-electron chi connectivity index (χ2n) is 34.5. The highest BCUT2D eigenvalue weighted by molar-refractivity contribution is 8.77. The lowest BCUT2D eigenvalue weighted by Crippen LogP contribution is -2.65. The standard InChI is InChI=1S/C89H131N21O19S2/c1-48(2)39-62(75(95)117)101-80(122)66(44-68(93)114)103-76(118)61(26-14-18-36-96-51(5)112)107-86(128)89(11,33-16-17-34-90)110-82(124)64(42-54-27-30-55-22-12-13-23-56(55)40-54)102-78(120)63(41-53-28-31-58(32-29-53)129-38-35-91)105-85(127)74-88(9,10)131-130-87(7,8)73(99-52(6)113)84(126)106-67(45-69(94)115)81(123)108-72(50(4)111)83(125)104-65(43-57-47-98-71-49(3)21-20-24-59(57)71)79(121)100-60(77(119)109-74)25-15-19-37-97-70(116)46-92/h12-13,20-24,27-32,40,47-48,50,60-67,72-74,98,111H,14-19,25-26,33-39,41-46,90-92H2,1-11H3,(H2,93,114)(H2,94,115)(H2,95,117)(H,96,112)(H,97,116)(H,99,113)(H,100,121)(H,101,122)(H,102,120)(H,103,118)(H,104,125)(H,105,127)(H,106,126)(H,107,128)(H,108,123)(H,109,119)(H,110,124)/t50-,60+,61+,62-,63+,64+,65+,66+,67+,72+,73-,74-,89?/m1/s1. The van der Waals surface area contributed by atoms with Crippen molar-refractivity contribution < 1.29 is 91.4 Å². The largest absolute Gasteiger partial charge is 0.492 e. The predicted octanol–water partition coefficient (Wildman–Crippen LogP) is -1.48. The number of hydrogen-bond acceptors (Lipinski definition) is 24. The number of ether oxygens (including phenoxy) is 1. The molecule has 42 heteroatoms. The summed E-state index contributed by atoms with van der Waals surface area (Å²) in [6.07, 6.45) is -2.23. The van der Waals surface area contributed by atoms with Crippen molar-refractivity contribution in [2.24, 2.45) is 40.3 Å². The highest BCUT2D eigenvalue weighted by atomic mass is 33.1. The summed E-state index contributed by atoms with van der Waals surface area (Å²) in [5.41, 5.74) is 35.1. The number of rotatable bonds is 45. The first-order valence-corrected chi connectivity index (χ1v) is 45.8. The molecule has 6 rings (SSSR count). The highest BCUT2D eigenvalue weighted by Gasteiger charge is 2.47. The first-order chi connectivity index (χ1) is 61.8. The SMILES string of the molecule is CC(=O)NCCCC[C@H](NC(=O)C(C)(CCCCN)NC(=O)[C@H](Cc1ccc2ccccc2c1)NC(=O)[C@H](Cc1ccc(OCCN)cc1)NC(=O)[C@H]1NC(=O)[C@H](CCCCNC(=O)CN)NC(=O)[C@H](Cc2c[nH]c3c(C)cccc23)NC(=O)[C@H]([C@@H](C)O)NC(=O)[C@H](CC(N)=O)NC(=O)[C@@H](NC(C)=O)C(C)(C)SSC1(C)C)C(=O)N[C@@H](CC(N)=O)C(=O)N[C@H](CC(C)C)C(N)=O. The van der Waals surface area contributed by atoms with Gasteiger partial charge in [-0.3, -0.25) is 81.5 Å². The molecule has 1 saturated heterocycles. The van der Waals surface area contributed by atoms with Gasteiger partial charge in [0.25, 0.3) is 0 Å². The van der Waals surface area contributed by atoms with E-state index in [1.54, 1.807) is 80.7 Å². The number of nitrogens with one attached hydrogen (secondary N) is 15. The summed E-state index contributed by atoms with van der Waals surface area (Å²) < 4.78 is 2.56. The number of para-hydroxylation sites is 1. The number of aromatic nitrogens is 1. The van der Waals surface area contributed by atoms with Crippen molar-refractivity contribution >= 4 is 144 Å². The zero-order chi connectivity index (χ0) is 97.2. The van der Waals surface area contributed by atoms with E-state index in [-0.39, 0.29) is 122 Å². The van der Waals surface area contributed by atoms with Gasteiger partial charge in [-0.25, -0.2) is 0 Å². The van der Waals surface area contributed by atoms with Crippen LogP contribution >= 0.6 is 21.6 Å². The Kier molecular flexibility index (Phi) is 42.4. The molecule has 0 radical (unpaired) electrons. The summed E-state index contributed by atoms with van der Waals surface area (Å²) in [7, 11) is 1.80. The van der Waals surface area contributed by atoms with Crippen LogP contribution in [0, 0.1) is 12.8 Å². The summed E-state index contributed by atoms with van der Waals surface area (Å²) in [5, 5.41) is 50.9. The molecule has 4 aromatic carbocycles. The molecular weight excluding hydrogens is 1730 g/mol. The molecule has 1 aromatic heterocycles. The second-order valence-corrected chi connectivity index (χ2v) is 37.9. The maximum atomic E-state index is 16.4. The van der Waals surface area contributed by atoms with Crippen LogP contribution in [0.1, 0.15) is 169 Å². The van der Waals surface area contributed by atoms with E-state index >= 15 is 28.8 Å². The number of H-pyrrole nitrogens is 1. The van der Waals surface area contributed by atoms with Gasteiger partial charge in [0.1, 0.15) is 84.4 Å². The third kappa shape index (κ3) is 34.4. The fourth-order valence-corrected chi connectivity index (χ4v) is 17.4. The molecular formula is C89H131N21O19S2. The van der Waals surface area contributed by atoms with Gasteiger partial charge in [-0.1, -0.05) is 108 Å². The fraction of sp³-hybridized carbons (Fsp3) is 0.539. The van der Waals surface area contributed by atoms with Crippen molar-refractivity contribution in [2.45, 2.75) is 260 Å². The van der Waals surface area contributed by atoms with Crippen molar-refractivity contribution in [1.82, 2.24) is 79.4 Å². The Hall–Kier alpha value is -12.0. The molecule has 5 aromatic rings. The Balaban J connectivity index is 1.55. The molecule has 28 N–H and O–H groups in total. The van der Waals surface area contributed by atoms with Crippen molar-refractivity contribution in [3.63, 3.8) is 0 Å². The van der Waals surface area contributed by atoms with Crippen LogP contribution in [-0.4, -0.2) is 237 Å². The minimum atomic E-state index is -2.03. The molecule has 2 heterocycles. The number of fused-ring (bicyclic) bond motifs is 2. The third-order valence-corrected chi connectivity index (χ3v) is 26.1. The number of nitrogens with two attached hydrogens (primary N) is 6. The number of amides is 17. The van der Waals surface area contributed by atoms with Crippen molar-refractivity contribution in [2.75, 3.05) is 39.3 Å². The maximum absolute atomic E-state index is 16.4. The Morgan fingerprint density at radius 2 is 1.17 bits per heavy atom. The molecule has 1 aliphatic rings. The lowest BCUT2D eigenvalue weighted by molar-refractivity contribution is -0.138. The van der Waals surface area contributed by atoms with Gasteiger partial charge in [-0.2, -0.15) is 0 Å². The van der Waals surface area contributed by atoms with Gasteiger partial charge in [0.2, 0.25) is 100 Å². The average Bonchev–Trinajstić information content (AvgIpc) is 1.79. The van der Waals surface area contributed by atoms with Gasteiger partial charge in [-0.15, -0.1) is 0 Å². The number of aryl methyl sites for hydroxylation is 1. The normalized spacial score (nSPS) is 19.2. The van der Waals surface area contributed by atoms with Crippen LogP contribution in [0.3, 0.4) is 0 Å². The van der Waals surface area contributed by atoms with Crippen LogP contribution in [0.15, 0.2) is 91.1 Å². The average molecular weight is 1860 g/mol. The predicted molar refractivity (Wildman–Crippen MR) is 495 cm³/mol. The number of hydrogen-bond donors (Lipinski definition) is 22. The number of carbonyl (C=O) groups excluding carboxylic acids is 17. The van der Waals surface area contributed by atoms with Crippen molar-refractivity contribution in [3.8, 4) is 5.75 Å². The summed E-state index contributed by atoms with van der Waals surface area (Å²) in [5.74, 6) is -16.0. The lowest BCUT2D eigenvalue weighted by Gasteiger charge is -2.39. The van der Waals surface area contributed by atoms with Crippen LogP contribution in [0.2, 0.25) is 0 Å². The Labute approximate surface area is 769 Å². The number of aliphatic hydroxyl groups is 1. The van der Waals surface area contributed by atoms with E-state index in [1.165, 1.54) is 41.5 Å². The minimum Gasteiger partial charge on any atom is -0.492 e. The molecule has 1 unspecified atom stereocenters. The van der Waals surface area contributed by atoms with Gasteiger partial charge < -0.3 is 124 Å². The van der Waals surface area contributed by atoms with Gasteiger partial charge >= 0.3 is 0 Å². The smallest absolute Gasteiger partial charge is 0.246 e. The van der Waals surface area contributed by atoms with E-state index in [0.717, 1.165) is 46.4 Å². The lowest BCUT2D eigenvalue weighted by atomic mass is 9.91. The Morgan fingerprint density at radius 1 is 0.573 bits per heavy atom. The fourth-order valence-electron chi connectivity index (χ4n) is 14.6. The maximum Gasteiger partial charge on any atom is 0.246 e. The molecule has 1 fully saturated rings. The highest BCUT2D eigenvalue weighted by Crippen LogP contribution is 2.47. The molecule has 1 aliphatic heterocycles. The monoisotopic (exact) mass is 1860 g/mol. The second kappa shape index (κ2) is 51.6. The van der Waals surface area contributed by atoms with Crippen LogP contribution in [0.4, 0.5) is 0 Å². The van der Waals surface area contributed by atoms with E-state index in [4.69, 9.17) is 39.1 Å². The van der Waals surface area contributed by atoms with Crippen LogP contribution in [0.5, 0.6) is 5.75 Å². The quantitative estimate of drug-likeness (QED) is 0.0156. The Bertz CT molecular complexity index is 4860. The minimum absolute atomic E-state index is 0.0441. The molecule has 0 bridgehead atoms. The van der Waals surface area contributed by atoms with Crippen LogP contribution < -0.4 is 114 Å². The van der Waals surface area contributed by atoms with E-state index in [0.29, 0.717) is 45.1 Å². The van der Waals surface area contributed by atoms with Gasteiger partial charge in [-0.05, 0) is 170 Å². The van der Waals surface area contributed by atoms with Gasteiger partial charge in [0.15, 0.2) is 0 Å². The first-order valence-electron chi connectivity index (χ1n) is 43.7. The number of benzene rings is 4. The number of aliphatic hydroxyl groups excluding tert-OH is 1. The summed E-state index contributed by atoms with van der Waals surface area (Å²) >= 11 is 0. The molecule has 0 saturated carbocycles. The van der Waals surface area contributed by atoms with E-state index in [2.05, 4.69) is 79.4 Å². The summed E-state index contributed by atoms with van der Waals surface area (Å²) in [6, 6.07) is 5.64. The molecule has 718 valence electrons. The molecule has 0 aliphatic carbocycles. The number of unbranched alkanes of at least 4 members (excludes halogenated alkanes) is 3. The zero-order valence-electron chi connectivity index (χ0n) is 76.1. The molecule has 17 amide bonds. The van der Waals surface area contributed by atoms with Gasteiger partial charge in [0.05, 0.1) is 25.5 Å². The van der Waals surface area contributed by atoms with Crippen LogP contribution in [-0.2, 0) is 101 Å². The zero-order valence-corrected chi connectivity index (χ0v) is 77.7. The molecule has 0 spiro atoms. The topological polar surface area (TPSA) is 660 Å². The first kappa shape index (κ1) is 108. The number of carbonyl (C=O) groups is 17. The van der Waals surface area contributed by atoms with Gasteiger partial charge in [0, 0.05) is 79.3 Å². The van der Waals surface area contributed by atoms with Crippen molar-refractivity contribution in [1.29, 1.82) is 0 Å². The number of primary amides is 3. The van der Waals surface area contributed by atoms with E-state index in [1.807, 2.05) is 31.2 Å². The summed E-state index contributed by atoms with van der Waals surface area (Å²) in [6.45, 7) is 16.6. The molecule has 13 atom stereocenters. The molecule has 40 nitrogen and oxygen atoms in total. The van der Waals surface area contributed by atoms with E-state index in [9.17, 15) is 57.8 Å². The van der Waals surface area contributed by atoms with E-state index < -0.39 is 201 Å². The number of aromatic amines is 1. The Morgan fingerprint density at radius 3 is 1.80 bits per heavy atom. The summed E-state index contributed by atoms with van der Waals surface area (Å²) in [4.78, 5) is 247.